The number of aliphatic hydroxyl groups is 1. The standard InChI is InChI=1S/C13H27NO2/c1-4-5-6-7-8-9-13(16)14-12(10-15)11(2)3/h11-12,15H,4-10H2,1-3H3,(H,14,16). The van der Waals surface area contributed by atoms with E-state index >= 15 is 0 Å². The van der Waals surface area contributed by atoms with Crippen molar-refractivity contribution >= 4 is 5.91 Å². The van der Waals surface area contributed by atoms with Crippen LogP contribution >= 0.6 is 0 Å². The minimum absolute atomic E-state index is 0.0270. The maximum Gasteiger partial charge on any atom is 0.220 e. The topological polar surface area (TPSA) is 49.3 Å². The average Bonchev–Trinajstić information content (AvgIpc) is 2.25. The molecule has 0 heterocycles. The van der Waals surface area contributed by atoms with Crippen LogP contribution in [0.1, 0.15) is 59.3 Å². The molecule has 1 unspecified atom stereocenters. The van der Waals surface area contributed by atoms with E-state index < -0.39 is 0 Å². The predicted molar refractivity (Wildman–Crippen MR) is 67.2 cm³/mol. The summed E-state index contributed by atoms with van der Waals surface area (Å²) in [4.78, 5) is 11.5. The number of aliphatic hydroxyl groups excluding tert-OH is 1. The molecule has 0 aliphatic heterocycles. The fraction of sp³-hybridized carbons (Fsp3) is 0.923. The molecule has 0 aromatic heterocycles. The average molecular weight is 229 g/mol. The first kappa shape index (κ1) is 15.4. The zero-order valence-corrected chi connectivity index (χ0v) is 11.0. The second-order valence-corrected chi connectivity index (χ2v) is 4.76. The van der Waals surface area contributed by atoms with E-state index in [1.807, 2.05) is 13.8 Å². The van der Waals surface area contributed by atoms with E-state index in [0.717, 1.165) is 12.8 Å². The van der Waals surface area contributed by atoms with Gasteiger partial charge in [-0.2, -0.15) is 0 Å². The van der Waals surface area contributed by atoms with Gasteiger partial charge in [0.2, 0.25) is 5.91 Å². The van der Waals surface area contributed by atoms with Crippen LogP contribution in [-0.2, 0) is 4.79 Å². The molecule has 0 fully saturated rings. The van der Waals surface area contributed by atoms with E-state index in [1.165, 1.54) is 19.3 Å². The number of hydrogen-bond acceptors (Lipinski definition) is 2. The Labute approximate surface area is 99.6 Å². The van der Waals surface area contributed by atoms with Gasteiger partial charge >= 0.3 is 0 Å². The van der Waals surface area contributed by atoms with Gasteiger partial charge in [0.15, 0.2) is 0 Å². The van der Waals surface area contributed by atoms with Crippen molar-refractivity contribution in [1.29, 1.82) is 0 Å². The molecule has 0 bridgehead atoms. The maximum atomic E-state index is 11.5. The lowest BCUT2D eigenvalue weighted by atomic mass is 10.0. The van der Waals surface area contributed by atoms with Crippen LogP contribution in [0.4, 0.5) is 0 Å². The van der Waals surface area contributed by atoms with Crippen LogP contribution in [0.15, 0.2) is 0 Å². The second-order valence-electron chi connectivity index (χ2n) is 4.76. The van der Waals surface area contributed by atoms with Crippen LogP contribution in [0.2, 0.25) is 0 Å². The third kappa shape index (κ3) is 7.69. The third-order valence-electron chi connectivity index (χ3n) is 2.86. The Morgan fingerprint density at radius 3 is 2.31 bits per heavy atom. The minimum Gasteiger partial charge on any atom is -0.394 e. The lowest BCUT2D eigenvalue weighted by Gasteiger charge is -2.19. The van der Waals surface area contributed by atoms with Crippen LogP contribution < -0.4 is 5.32 Å². The Morgan fingerprint density at radius 2 is 1.81 bits per heavy atom. The first-order chi connectivity index (χ1) is 7.61. The molecule has 3 heteroatoms. The Bertz CT molecular complexity index is 181. The molecular formula is C13H27NO2. The third-order valence-corrected chi connectivity index (χ3v) is 2.86. The molecule has 0 radical (unpaired) electrons. The van der Waals surface area contributed by atoms with Gasteiger partial charge in [0.25, 0.3) is 0 Å². The van der Waals surface area contributed by atoms with Crippen molar-refractivity contribution in [2.45, 2.75) is 65.3 Å². The molecule has 0 aliphatic rings. The fourth-order valence-electron chi connectivity index (χ4n) is 1.59. The highest BCUT2D eigenvalue weighted by atomic mass is 16.3. The van der Waals surface area contributed by atoms with Gasteiger partial charge < -0.3 is 10.4 Å². The van der Waals surface area contributed by atoms with Gasteiger partial charge in [0.05, 0.1) is 12.6 Å². The summed E-state index contributed by atoms with van der Waals surface area (Å²) < 4.78 is 0. The highest BCUT2D eigenvalue weighted by Crippen LogP contribution is 2.06. The predicted octanol–water partition coefficient (Wildman–Crippen LogP) is 2.48. The Kier molecular flexibility index (Phi) is 9.30. The molecule has 2 N–H and O–H groups in total. The minimum atomic E-state index is -0.0943. The first-order valence-electron chi connectivity index (χ1n) is 6.52. The maximum absolute atomic E-state index is 11.5. The molecule has 1 amide bonds. The van der Waals surface area contributed by atoms with Crippen molar-refractivity contribution in [3.8, 4) is 0 Å². The summed E-state index contributed by atoms with van der Waals surface area (Å²) in [5, 5.41) is 11.9. The monoisotopic (exact) mass is 229 g/mol. The molecule has 0 rings (SSSR count). The molecule has 1 atom stereocenters. The number of hydrogen-bond donors (Lipinski definition) is 2. The number of carbonyl (C=O) groups excluding carboxylic acids is 1. The molecular weight excluding hydrogens is 202 g/mol. The number of amides is 1. The SMILES string of the molecule is CCCCCCCC(=O)NC(CO)C(C)C. The highest BCUT2D eigenvalue weighted by Gasteiger charge is 2.14. The van der Waals surface area contributed by atoms with Gasteiger partial charge in [0.1, 0.15) is 0 Å². The van der Waals surface area contributed by atoms with E-state index in [-0.39, 0.29) is 24.5 Å². The lowest BCUT2D eigenvalue weighted by molar-refractivity contribution is -0.122. The summed E-state index contributed by atoms with van der Waals surface area (Å²) in [6.07, 6.45) is 6.39. The van der Waals surface area contributed by atoms with Gasteiger partial charge in [-0.1, -0.05) is 46.5 Å². The summed E-state index contributed by atoms with van der Waals surface area (Å²) >= 11 is 0. The molecule has 16 heavy (non-hydrogen) atoms. The number of unbranched alkanes of at least 4 members (excludes halogenated alkanes) is 4. The molecule has 0 aromatic rings. The van der Waals surface area contributed by atoms with Crippen LogP contribution in [-0.4, -0.2) is 23.7 Å². The smallest absolute Gasteiger partial charge is 0.220 e. The molecule has 96 valence electrons. The summed E-state index contributed by atoms with van der Waals surface area (Å²) in [6.45, 7) is 6.21. The Morgan fingerprint density at radius 1 is 1.19 bits per heavy atom. The van der Waals surface area contributed by atoms with Crippen molar-refractivity contribution in [1.82, 2.24) is 5.32 Å². The fourth-order valence-corrected chi connectivity index (χ4v) is 1.59. The van der Waals surface area contributed by atoms with Crippen LogP contribution in [0.25, 0.3) is 0 Å². The molecule has 0 saturated heterocycles. The summed E-state index contributed by atoms with van der Waals surface area (Å²) in [5.74, 6) is 0.360. The zero-order valence-electron chi connectivity index (χ0n) is 11.0. The van der Waals surface area contributed by atoms with Gasteiger partial charge in [-0.25, -0.2) is 0 Å². The lowest BCUT2D eigenvalue weighted by Crippen LogP contribution is -2.41. The van der Waals surface area contributed by atoms with E-state index in [0.29, 0.717) is 6.42 Å². The summed E-state index contributed by atoms with van der Waals surface area (Å²) in [6, 6.07) is -0.0943. The molecule has 0 spiro atoms. The number of rotatable bonds is 9. The normalized spacial score (nSPS) is 12.8. The quantitative estimate of drug-likeness (QED) is 0.597. The van der Waals surface area contributed by atoms with Gasteiger partial charge in [-0.15, -0.1) is 0 Å². The van der Waals surface area contributed by atoms with Gasteiger partial charge in [0, 0.05) is 6.42 Å². The van der Waals surface area contributed by atoms with Crippen molar-refractivity contribution in [3.05, 3.63) is 0 Å². The first-order valence-corrected chi connectivity index (χ1v) is 6.52. The zero-order chi connectivity index (χ0) is 12.4. The Balaban J connectivity index is 3.57. The Hall–Kier alpha value is -0.570. The van der Waals surface area contributed by atoms with E-state index in [9.17, 15) is 4.79 Å². The second kappa shape index (κ2) is 9.64. The van der Waals surface area contributed by atoms with E-state index in [1.54, 1.807) is 0 Å². The molecule has 0 aromatic carbocycles. The van der Waals surface area contributed by atoms with E-state index in [2.05, 4.69) is 12.2 Å². The summed E-state index contributed by atoms with van der Waals surface area (Å²) in [7, 11) is 0. The largest absolute Gasteiger partial charge is 0.394 e. The molecule has 0 saturated carbocycles. The number of nitrogens with one attached hydrogen (secondary N) is 1. The van der Waals surface area contributed by atoms with Gasteiger partial charge in [-0.05, 0) is 12.3 Å². The van der Waals surface area contributed by atoms with Crippen molar-refractivity contribution in [2.24, 2.45) is 5.92 Å². The van der Waals surface area contributed by atoms with Crippen molar-refractivity contribution in [3.63, 3.8) is 0 Å². The van der Waals surface area contributed by atoms with Crippen molar-refractivity contribution in [2.75, 3.05) is 6.61 Å². The highest BCUT2D eigenvalue weighted by molar-refractivity contribution is 5.76. The van der Waals surface area contributed by atoms with Crippen LogP contribution in [0.5, 0.6) is 0 Å². The molecule has 3 nitrogen and oxygen atoms in total. The van der Waals surface area contributed by atoms with Crippen molar-refractivity contribution < 1.29 is 9.90 Å². The van der Waals surface area contributed by atoms with Crippen LogP contribution in [0.3, 0.4) is 0 Å². The molecule has 0 aliphatic carbocycles. The summed E-state index contributed by atoms with van der Waals surface area (Å²) in [5.41, 5.74) is 0. The van der Waals surface area contributed by atoms with Gasteiger partial charge in [-0.3, -0.25) is 4.79 Å². The number of carbonyl (C=O) groups is 1. The van der Waals surface area contributed by atoms with Crippen LogP contribution in [0, 0.1) is 5.92 Å². The van der Waals surface area contributed by atoms with E-state index in [4.69, 9.17) is 5.11 Å².